The Morgan fingerprint density at radius 1 is 1.67 bits per heavy atom. The average molecular weight is 329 g/mol. The van der Waals surface area contributed by atoms with E-state index in [1.165, 1.54) is 11.3 Å². The van der Waals surface area contributed by atoms with E-state index in [0.29, 0.717) is 6.04 Å². The van der Waals surface area contributed by atoms with Gasteiger partial charge in [-0.05, 0) is 34.7 Å². The smallest absolute Gasteiger partial charge is 0.107 e. The van der Waals surface area contributed by atoms with E-state index in [2.05, 4.69) is 40.5 Å². The fraction of sp³-hybridized carbons (Fsp3) is 0.600. The topological polar surface area (TPSA) is 12.0 Å². The molecule has 0 bridgehead atoms. The van der Waals surface area contributed by atoms with Crippen LogP contribution in [-0.2, 0) is 6.54 Å². The molecule has 0 aromatic carbocycles. The predicted molar refractivity (Wildman–Crippen MR) is 76.3 cm³/mol. The minimum Gasteiger partial charge on any atom is -0.308 e. The highest BCUT2D eigenvalue weighted by atomic mass is 79.9. The predicted octanol–water partition coefficient (Wildman–Crippen LogP) is 4.40. The molecule has 0 spiro atoms. The molecule has 1 unspecified atom stereocenters. The maximum Gasteiger partial charge on any atom is 0.107 e. The first kappa shape index (κ1) is 13.8. The van der Waals surface area contributed by atoms with E-state index in [0.717, 1.165) is 21.1 Å². The molecule has 15 heavy (non-hydrogen) atoms. The van der Waals surface area contributed by atoms with E-state index in [1.54, 1.807) is 11.3 Å². The molecule has 0 radical (unpaired) electrons. The second-order valence-corrected chi connectivity index (χ2v) is 6.78. The third-order valence-electron chi connectivity index (χ3n) is 2.12. The average Bonchev–Trinajstić information content (AvgIpc) is 2.53. The highest BCUT2D eigenvalue weighted by Gasteiger charge is 2.07. The normalized spacial score (nSPS) is 13.1. The van der Waals surface area contributed by atoms with Crippen molar-refractivity contribution < 1.29 is 0 Å². The molecule has 0 saturated carbocycles. The van der Waals surface area contributed by atoms with Gasteiger partial charge in [0.1, 0.15) is 4.34 Å². The van der Waals surface area contributed by atoms with Gasteiger partial charge in [0.25, 0.3) is 0 Å². The summed E-state index contributed by atoms with van der Waals surface area (Å²) < 4.78 is 1.84. The Hall–Kier alpha value is 0.780. The van der Waals surface area contributed by atoms with Crippen LogP contribution < -0.4 is 5.32 Å². The molecule has 0 aliphatic rings. The molecule has 86 valence electrons. The van der Waals surface area contributed by atoms with E-state index in [9.17, 15) is 0 Å². The van der Waals surface area contributed by atoms with Crippen LogP contribution in [0.2, 0.25) is 4.34 Å². The minimum absolute atomic E-state index is 0.597. The first-order valence-corrected chi connectivity index (χ1v) is 8.21. The fourth-order valence-corrected chi connectivity index (χ4v) is 3.74. The second kappa shape index (κ2) is 7.17. The molecule has 1 nitrogen and oxygen atoms in total. The Balaban J connectivity index is 2.41. The van der Waals surface area contributed by atoms with Crippen LogP contribution in [-0.4, -0.2) is 18.1 Å². The third-order valence-corrected chi connectivity index (χ3v) is 5.33. The fourth-order valence-electron chi connectivity index (χ4n) is 1.25. The molecule has 1 rings (SSSR count). The van der Waals surface area contributed by atoms with Crippen LogP contribution in [0.15, 0.2) is 10.5 Å². The lowest BCUT2D eigenvalue weighted by Crippen LogP contribution is -2.29. The van der Waals surface area contributed by atoms with Crippen LogP contribution in [0.1, 0.15) is 18.2 Å². The van der Waals surface area contributed by atoms with Crippen molar-refractivity contribution in [2.24, 2.45) is 0 Å². The molecule has 1 aromatic heterocycles. The Bertz CT molecular complexity index is 284. The van der Waals surface area contributed by atoms with Crippen LogP contribution in [0.25, 0.3) is 0 Å². The van der Waals surface area contributed by atoms with Gasteiger partial charge in [-0.15, -0.1) is 11.3 Å². The second-order valence-electron chi connectivity index (χ2n) is 3.28. The van der Waals surface area contributed by atoms with Gasteiger partial charge in [-0.1, -0.05) is 18.5 Å². The van der Waals surface area contributed by atoms with Crippen molar-refractivity contribution in [1.82, 2.24) is 5.32 Å². The molecular formula is C10H15BrClNS2. The zero-order chi connectivity index (χ0) is 11.3. The first-order chi connectivity index (χ1) is 7.17. The van der Waals surface area contributed by atoms with Crippen molar-refractivity contribution in [3.8, 4) is 0 Å². The number of hydrogen-bond donors (Lipinski definition) is 1. The van der Waals surface area contributed by atoms with E-state index < -0.39 is 0 Å². The lowest BCUT2D eigenvalue weighted by Gasteiger charge is -2.14. The van der Waals surface area contributed by atoms with Crippen molar-refractivity contribution in [2.45, 2.75) is 25.9 Å². The van der Waals surface area contributed by atoms with Crippen LogP contribution >= 0.6 is 50.6 Å². The number of thioether (sulfide) groups is 1. The highest BCUT2D eigenvalue weighted by Crippen LogP contribution is 2.31. The zero-order valence-electron chi connectivity index (χ0n) is 8.85. The van der Waals surface area contributed by atoms with Crippen molar-refractivity contribution >= 4 is 50.6 Å². The standard InChI is InChI=1S/C10H15BrClNS2/c1-3-7(6-14-2)13-5-8-4-9(11)10(12)15-8/h4,7,13H,3,5-6H2,1-2H3. The molecule has 1 heterocycles. The maximum atomic E-state index is 5.98. The molecule has 0 fully saturated rings. The van der Waals surface area contributed by atoms with Gasteiger partial charge in [0.15, 0.2) is 0 Å². The summed E-state index contributed by atoms with van der Waals surface area (Å²) in [5.74, 6) is 1.16. The van der Waals surface area contributed by atoms with Crippen LogP contribution in [0.5, 0.6) is 0 Å². The Morgan fingerprint density at radius 2 is 2.40 bits per heavy atom. The molecule has 1 atom stereocenters. The summed E-state index contributed by atoms with van der Waals surface area (Å²) >= 11 is 12.9. The van der Waals surface area contributed by atoms with E-state index in [-0.39, 0.29) is 0 Å². The largest absolute Gasteiger partial charge is 0.308 e. The lowest BCUT2D eigenvalue weighted by molar-refractivity contribution is 0.544. The summed E-state index contributed by atoms with van der Waals surface area (Å²) in [5, 5.41) is 3.54. The maximum absolute atomic E-state index is 5.98. The zero-order valence-corrected chi connectivity index (χ0v) is 12.8. The van der Waals surface area contributed by atoms with Gasteiger partial charge in [-0.2, -0.15) is 11.8 Å². The SMILES string of the molecule is CCC(CSC)NCc1cc(Br)c(Cl)s1. The van der Waals surface area contributed by atoms with E-state index in [4.69, 9.17) is 11.6 Å². The van der Waals surface area contributed by atoms with Crippen LogP contribution in [0.3, 0.4) is 0 Å². The van der Waals surface area contributed by atoms with Crippen molar-refractivity contribution in [2.75, 3.05) is 12.0 Å². The van der Waals surface area contributed by atoms with Crippen molar-refractivity contribution in [3.05, 3.63) is 19.8 Å². The summed E-state index contributed by atoms with van der Waals surface area (Å²) in [7, 11) is 0. The summed E-state index contributed by atoms with van der Waals surface area (Å²) in [6.07, 6.45) is 3.31. The molecule has 0 aliphatic heterocycles. The van der Waals surface area contributed by atoms with E-state index >= 15 is 0 Å². The van der Waals surface area contributed by atoms with Crippen LogP contribution in [0, 0.1) is 0 Å². The summed E-state index contributed by atoms with van der Waals surface area (Å²) in [5.41, 5.74) is 0. The van der Waals surface area contributed by atoms with Gasteiger partial charge in [0.05, 0.1) is 0 Å². The Morgan fingerprint density at radius 3 is 2.87 bits per heavy atom. The number of rotatable bonds is 6. The summed E-state index contributed by atoms with van der Waals surface area (Å²) in [6, 6.07) is 2.69. The van der Waals surface area contributed by atoms with Gasteiger partial charge in [0, 0.05) is 27.7 Å². The van der Waals surface area contributed by atoms with Gasteiger partial charge in [0.2, 0.25) is 0 Å². The monoisotopic (exact) mass is 327 g/mol. The number of halogens is 2. The minimum atomic E-state index is 0.597. The Kier molecular flexibility index (Phi) is 6.62. The summed E-state index contributed by atoms with van der Waals surface area (Å²) in [6.45, 7) is 3.13. The molecule has 0 saturated heterocycles. The lowest BCUT2D eigenvalue weighted by atomic mass is 10.2. The summed E-state index contributed by atoms with van der Waals surface area (Å²) in [4.78, 5) is 1.28. The molecule has 0 amide bonds. The third kappa shape index (κ3) is 4.65. The molecule has 1 aromatic rings. The van der Waals surface area contributed by atoms with Gasteiger partial charge in [-0.3, -0.25) is 0 Å². The van der Waals surface area contributed by atoms with Crippen molar-refractivity contribution in [3.63, 3.8) is 0 Å². The molecule has 1 N–H and O–H groups in total. The van der Waals surface area contributed by atoms with Crippen molar-refractivity contribution in [1.29, 1.82) is 0 Å². The number of nitrogens with one attached hydrogen (secondary N) is 1. The van der Waals surface area contributed by atoms with Gasteiger partial charge < -0.3 is 5.32 Å². The quantitative estimate of drug-likeness (QED) is 0.831. The molecule has 0 aliphatic carbocycles. The first-order valence-electron chi connectivity index (χ1n) is 4.83. The number of hydrogen-bond acceptors (Lipinski definition) is 3. The molecular weight excluding hydrogens is 314 g/mol. The highest BCUT2D eigenvalue weighted by molar-refractivity contribution is 9.10. The van der Waals surface area contributed by atoms with E-state index in [1.807, 2.05) is 11.8 Å². The van der Waals surface area contributed by atoms with Gasteiger partial charge in [-0.25, -0.2) is 0 Å². The Labute approximate surface area is 113 Å². The molecule has 5 heteroatoms. The number of thiophene rings is 1. The van der Waals surface area contributed by atoms with Gasteiger partial charge >= 0.3 is 0 Å². The van der Waals surface area contributed by atoms with Crippen LogP contribution in [0.4, 0.5) is 0 Å².